The predicted molar refractivity (Wildman–Crippen MR) is 61.9 cm³/mol. The third-order valence-electron chi connectivity index (χ3n) is 1.36. The SMILES string of the molecule is CC(=O)O.N=C(N)Nc1ccc([N+](=O)[O-])cc1. The van der Waals surface area contributed by atoms with Gasteiger partial charge in [0.25, 0.3) is 11.7 Å². The summed E-state index contributed by atoms with van der Waals surface area (Å²) in [5, 5.41) is 27.1. The summed E-state index contributed by atoms with van der Waals surface area (Å²) in [6, 6.07) is 5.65. The summed E-state index contributed by atoms with van der Waals surface area (Å²) < 4.78 is 0. The minimum Gasteiger partial charge on any atom is -0.481 e. The lowest BCUT2D eigenvalue weighted by Gasteiger charge is -2.01. The maximum absolute atomic E-state index is 10.3. The third-order valence-corrected chi connectivity index (χ3v) is 1.36. The third kappa shape index (κ3) is 7.31. The second kappa shape index (κ2) is 6.77. The zero-order valence-electron chi connectivity index (χ0n) is 9.01. The van der Waals surface area contributed by atoms with Gasteiger partial charge >= 0.3 is 0 Å². The summed E-state index contributed by atoms with van der Waals surface area (Å²) in [6.07, 6.45) is 0. The molecule has 92 valence electrons. The molecule has 1 aromatic carbocycles. The van der Waals surface area contributed by atoms with Crippen molar-refractivity contribution in [3.63, 3.8) is 0 Å². The van der Waals surface area contributed by atoms with E-state index >= 15 is 0 Å². The molecule has 0 aromatic heterocycles. The highest BCUT2D eigenvalue weighted by molar-refractivity contribution is 5.89. The second-order valence-electron chi connectivity index (χ2n) is 2.86. The minimum absolute atomic E-state index is 0.00843. The Bertz CT molecular complexity index is 412. The Hall–Kier alpha value is -2.64. The van der Waals surface area contributed by atoms with Crippen molar-refractivity contribution < 1.29 is 14.8 Å². The second-order valence-corrected chi connectivity index (χ2v) is 2.86. The first-order chi connectivity index (χ1) is 7.82. The molecule has 0 saturated heterocycles. The van der Waals surface area contributed by atoms with Crippen LogP contribution in [0.2, 0.25) is 0 Å². The van der Waals surface area contributed by atoms with Crippen molar-refractivity contribution in [1.82, 2.24) is 0 Å². The van der Waals surface area contributed by atoms with Crippen LogP contribution in [0.3, 0.4) is 0 Å². The van der Waals surface area contributed by atoms with Crippen molar-refractivity contribution in [2.45, 2.75) is 6.92 Å². The molecule has 0 saturated carbocycles. The fourth-order valence-corrected chi connectivity index (χ4v) is 0.822. The van der Waals surface area contributed by atoms with E-state index in [4.69, 9.17) is 21.0 Å². The minimum atomic E-state index is -0.833. The first-order valence-electron chi connectivity index (χ1n) is 4.38. The maximum Gasteiger partial charge on any atom is 0.300 e. The number of guanidine groups is 1. The topological polar surface area (TPSA) is 142 Å². The average Bonchev–Trinajstić information content (AvgIpc) is 2.16. The van der Waals surface area contributed by atoms with Crippen molar-refractivity contribution in [3.05, 3.63) is 34.4 Å². The number of nitro groups is 1. The van der Waals surface area contributed by atoms with Crippen molar-refractivity contribution in [2.75, 3.05) is 5.32 Å². The summed E-state index contributed by atoms with van der Waals surface area (Å²) in [5.74, 6) is -1.03. The number of carbonyl (C=O) groups is 1. The molecule has 0 fully saturated rings. The molecule has 0 amide bonds. The van der Waals surface area contributed by atoms with Crippen molar-refractivity contribution in [3.8, 4) is 0 Å². The molecule has 0 heterocycles. The number of nitrogens with two attached hydrogens (primary N) is 1. The number of aliphatic carboxylic acids is 1. The number of hydrogen-bond acceptors (Lipinski definition) is 4. The zero-order valence-corrected chi connectivity index (χ0v) is 9.01. The summed E-state index contributed by atoms with van der Waals surface area (Å²) in [7, 11) is 0. The number of carboxylic acid groups (broad SMARTS) is 1. The van der Waals surface area contributed by atoms with E-state index in [1.54, 1.807) is 0 Å². The van der Waals surface area contributed by atoms with Gasteiger partial charge in [-0.3, -0.25) is 20.3 Å². The van der Waals surface area contributed by atoms with E-state index in [0.29, 0.717) is 5.69 Å². The molecule has 1 aromatic rings. The van der Waals surface area contributed by atoms with E-state index in [-0.39, 0.29) is 11.6 Å². The van der Waals surface area contributed by atoms with Gasteiger partial charge in [0.1, 0.15) is 0 Å². The van der Waals surface area contributed by atoms with E-state index < -0.39 is 10.9 Å². The van der Waals surface area contributed by atoms with E-state index in [9.17, 15) is 10.1 Å². The predicted octanol–water partition coefficient (Wildman–Crippen LogP) is 0.991. The number of nitrogens with one attached hydrogen (secondary N) is 2. The molecule has 8 heteroatoms. The summed E-state index contributed by atoms with van der Waals surface area (Å²) in [4.78, 5) is 18.8. The largest absolute Gasteiger partial charge is 0.481 e. The maximum atomic E-state index is 10.3. The Morgan fingerprint density at radius 3 is 2.18 bits per heavy atom. The van der Waals surface area contributed by atoms with E-state index in [1.807, 2.05) is 0 Å². The van der Waals surface area contributed by atoms with Gasteiger partial charge in [-0.1, -0.05) is 0 Å². The van der Waals surface area contributed by atoms with Crippen LogP contribution >= 0.6 is 0 Å². The van der Waals surface area contributed by atoms with Crippen molar-refractivity contribution in [1.29, 1.82) is 5.41 Å². The lowest BCUT2D eigenvalue weighted by molar-refractivity contribution is -0.384. The molecule has 1 rings (SSSR count). The Balaban J connectivity index is 0.000000557. The first kappa shape index (κ1) is 14.4. The molecular formula is C9H12N4O4. The van der Waals surface area contributed by atoms with Crippen LogP contribution in [0, 0.1) is 15.5 Å². The van der Waals surface area contributed by atoms with Gasteiger partial charge in [-0.25, -0.2) is 0 Å². The number of benzene rings is 1. The van der Waals surface area contributed by atoms with Crippen LogP contribution in [0.1, 0.15) is 6.92 Å². The lowest BCUT2D eigenvalue weighted by Crippen LogP contribution is -2.20. The van der Waals surface area contributed by atoms with Crippen LogP contribution in [0.15, 0.2) is 24.3 Å². The van der Waals surface area contributed by atoms with Gasteiger partial charge in [-0.15, -0.1) is 0 Å². The number of rotatable bonds is 2. The highest BCUT2D eigenvalue weighted by atomic mass is 16.6. The fraction of sp³-hybridized carbons (Fsp3) is 0.111. The smallest absolute Gasteiger partial charge is 0.300 e. The number of anilines is 1. The number of nitro benzene ring substituents is 1. The van der Waals surface area contributed by atoms with Gasteiger partial charge in [0.2, 0.25) is 0 Å². The monoisotopic (exact) mass is 240 g/mol. The van der Waals surface area contributed by atoms with Gasteiger partial charge in [0, 0.05) is 24.7 Å². The van der Waals surface area contributed by atoms with Crippen LogP contribution in [0.5, 0.6) is 0 Å². The summed E-state index contributed by atoms with van der Waals surface area (Å²) in [6.45, 7) is 1.08. The highest BCUT2D eigenvalue weighted by Gasteiger charge is 2.03. The Kier molecular flexibility index (Phi) is 5.72. The van der Waals surface area contributed by atoms with Crippen LogP contribution < -0.4 is 11.1 Å². The van der Waals surface area contributed by atoms with Gasteiger partial charge in [-0.05, 0) is 12.1 Å². The quantitative estimate of drug-likeness (QED) is 0.263. The van der Waals surface area contributed by atoms with Crippen LogP contribution in [-0.2, 0) is 4.79 Å². The van der Waals surface area contributed by atoms with E-state index in [2.05, 4.69) is 5.32 Å². The fourth-order valence-electron chi connectivity index (χ4n) is 0.822. The lowest BCUT2D eigenvalue weighted by atomic mass is 10.3. The number of carboxylic acids is 1. The molecule has 0 bridgehead atoms. The van der Waals surface area contributed by atoms with Crippen LogP contribution in [-0.4, -0.2) is 22.0 Å². The van der Waals surface area contributed by atoms with E-state index in [1.165, 1.54) is 24.3 Å². The van der Waals surface area contributed by atoms with Gasteiger partial charge in [0.15, 0.2) is 5.96 Å². The standard InChI is InChI=1S/C7H8N4O2.C2H4O2/c8-7(9)10-5-1-3-6(4-2-5)11(12)13;1-2(3)4/h1-4H,(H4,8,9,10);1H3,(H,3,4). The Morgan fingerprint density at radius 2 is 1.88 bits per heavy atom. The van der Waals surface area contributed by atoms with Crippen LogP contribution in [0.25, 0.3) is 0 Å². The average molecular weight is 240 g/mol. The summed E-state index contributed by atoms with van der Waals surface area (Å²) in [5.41, 5.74) is 5.62. The molecule has 17 heavy (non-hydrogen) atoms. The molecule has 0 aliphatic heterocycles. The number of hydrogen-bond donors (Lipinski definition) is 4. The number of non-ortho nitro benzene ring substituents is 1. The van der Waals surface area contributed by atoms with Crippen LogP contribution in [0.4, 0.5) is 11.4 Å². The molecular weight excluding hydrogens is 228 g/mol. The molecule has 0 spiro atoms. The highest BCUT2D eigenvalue weighted by Crippen LogP contribution is 2.14. The molecule has 5 N–H and O–H groups in total. The van der Waals surface area contributed by atoms with Crippen molar-refractivity contribution >= 4 is 23.3 Å². The molecule has 8 nitrogen and oxygen atoms in total. The van der Waals surface area contributed by atoms with Crippen molar-refractivity contribution in [2.24, 2.45) is 5.73 Å². The molecule has 0 unspecified atom stereocenters. The van der Waals surface area contributed by atoms with E-state index in [0.717, 1.165) is 6.92 Å². The molecule has 0 radical (unpaired) electrons. The molecule has 0 atom stereocenters. The Morgan fingerprint density at radius 1 is 1.47 bits per heavy atom. The molecule has 0 aliphatic carbocycles. The van der Waals surface area contributed by atoms with Gasteiger partial charge in [-0.2, -0.15) is 0 Å². The Labute approximate surface area is 96.7 Å². The summed E-state index contributed by atoms with van der Waals surface area (Å²) >= 11 is 0. The normalized spacial score (nSPS) is 8.53. The van der Waals surface area contributed by atoms with Gasteiger partial charge < -0.3 is 16.2 Å². The molecule has 0 aliphatic rings. The first-order valence-corrected chi connectivity index (χ1v) is 4.38. The number of nitrogens with zero attached hydrogens (tertiary/aromatic N) is 1. The zero-order chi connectivity index (χ0) is 13.4. The van der Waals surface area contributed by atoms with Gasteiger partial charge in [0.05, 0.1) is 4.92 Å².